The van der Waals surface area contributed by atoms with Crippen molar-refractivity contribution in [3.8, 4) is 0 Å². The molecule has 2 atom stereocenters. The minimum atomic E-state index is -0.472. The summed E-state index contributed by atoms with van der Waals surface area (Å²) >= 11 is 0. The smallest absolute Gasteiger partial charge is 0.326 e. The third kappa shape index (κ3) is 3.17. The molecule has 116 valence electrons. The fraction of sp³-hybridized carbons (Fsp3) is 0.938. The molecule has 2 aliphatic rings. The number of rotatable bonds is 4. The summed E-state index contributed by atoms with van der Waals surface area (Å²) in [5, 5.41) is 3.48. The van der Waals surface area contributed by atoms with Crippen molar-refractivity contribution in [1.82, 2.24) is 10.2 Å². The lowest BCUT2D eigenvalue weighted by Crippen LogP contribution is -2.54. The molecule has 1 N–H and O–H groups in total. The highest BCUT2D eigenvalue weighted by Crippen LogP contribution is 2.39. The number of esters is 1. The van der Waals surface area contributed by atoms with Crippen LogP contribution in [0.3, 0.4) is 0 Å². The number of likely N-dealkylation sites (tertiary alicyclic amines) is 1. The van der Waals surface area contributed by atoms with Gasteiger partial charge in [0, 0.05) is 18.6 Å². The van der Waals surface area contributed by atoms with E-state index in [4.69, 9.17) is 4.74 Å². The molecule has 0 radical (unpaired) electrons. The molecule has 2 unspecified atom stereocenters. The van der Waals surface area contributed by atoms with Gasteiger partial charge in [0.1, 0.15) is 5.54 Å². The zero-order valence-electron chi connectivity index (χ0n) is 13.7. The minimum absolute atomic E-state index is 0.0906. The number of hydrogen-bond donors (Lipinski definition) is 1. The maximum atomic E-state index is 12.3. The van der Waals surface area contributed by atoms with Crippen LogP contribution >= 0.6 is 0 Å². The Balaban J connectivity index is 2.06. The first-order valence-electron chi connectivity index (χ1n) is 7.88. The van der Waals surface area contributed by atoms with Gasteiger partial charge in [0.15, 0.2) is 0 Å². The maximum absolute atomic E-state index is 12.3. The minimum Gasteiger partial charge on any atom is -0.468 e. The van der Waals surface area contributed by atoms with E-state index in [1.165, 1.54) is 13.5 Å². The lowest BCUT2D eigenvalue weighted by Gasteiger charge is -2.32. The molecule has 2 fully saturated rings. The molecular formula is C16H30N2O2. The molecular weight excluding hydrogens is 252 g/mol. The Morgan fingerprint density at radius 3 is 2.55 bits per heavy atom. The van der Waals surface area contributed by atoms with Gasteiger partial charge in [0.25, 0.3) is 0 Å². The highest BCUT2D eigenvalue weighted by Gasteiger charge is 2.49. The summed E-state index contributed by atoms with van der Waals surface area (Å²) < 4.78 is 5.07. The highest BCUT2D eigenvalue weighted by atomic mass is 16.5. The predicted octanol–water partition coefficient (Wildman–Crippen LogP) is 2.18. The summed E-state index contributed by atoms with van der Waals surface area (Å²) in [6, 6.07) is 0.810. The van der Waals surface area contributed by atoms with Crippen LogP contribution in [0.15, 0.2) is 0 Å². The Morgan fingerprint density at radius 2 is 2.05 bits per heavy atom. The number of methoxy groups -OCH3 is 1. The second-order valence-corrected chi connectivity index (χ2v) is 7.65. The monoisotopic (exact) mass is 282 g/mol. The number of nitrogens with zero attached hydrogens (tertiary/aromatic N) is 1. The third-order valence-corrected chi connectivity index (χ3v) is 4.85. The summed E-state index contributed by atoms with van der Waals surface area (Å²) in [6.07, 6.45) is 4.12. The third-order valence-electron chi connectivity index (χ3n) is 4.85. The van der Waals surface area contributed by atoms with E-state index in [1.54, 1.807) is 0 Å². The first kappa shape index (κ1) is 15.8. The van der Waals surface area contributed by atoms with E-state index in [-0.39, 0.29) is 5.97 Å². The molecule has 20 heavy (non-hydrogen) atoms. The van der Waals surface area contributed by atoms with Crippen LogP contribution in [0.1, 0.15) is 53.4 Å². The molecule has 0 bridgehead atoms. The number of nitrogens with one attached hydrogen (secondary N) is 1. The lowest BCUT2D eigenvalue weighted by atomic mass is 9.93. The van der Waals surface area contributed by atoms with Crippen LogP contribution in [0, 0.1) is 5.41 Å². The average molecular weight is 282 g/mol. The molecule has 0 aromatic rings. The van der Waals surface area contributed by atoms with Crippen LogP contribution in [-0.4, -0.2) is 48.7 Å². The van der Waals surface area contributed by atoms with Crippen LogP contribution in [0.5, 0.6) is 0 Å². The van der Waals surface area contributed by atoms with Crippen molar-refractivity contribution in [2.24, 2.45) is 5.41 Å². The van der Waals surface area contributed by atoms with Crippen molar-refractivity contribution in [1.29, 1.82) is 0 Å². The van der Waals surface area contributed by atoms with E-state index in [9.17, 15) is 4.79 Å². The Hall–Kier alpha value is -0.610. The van der Waals surface area contributed by atoms with E-state index in [0.29, 0.717) is 17.5 Å². The van der Waals surface area contributed by atoms with E-state index in [1.807, 2.05) is 0 Å². The van der Waals surface area contributed by atoms with Crippen LogP contribution in [-0.2, 0) is 9.53 Å². The molecule has 2 rings (SSSR count). The summed E-state index contributed by atoms with van der Waals surface area (Å²) in [5.41, 5.74) is -0.0533. The van der Waals surface area contributed by atoms with Crippen molar-refractivity contribution >= 4 is 5.97 Å². The van der Waals surface area contributed by atoms with Gasteiger partial charge < -0.3 is 4.74 Å². The molecule has 0 aromatic carbocycles. The first-order chi connectivity index (χ1) is 9.28. The van der Waals surface area contributed by atoms with Crippen LogP contribution < -0.4 is 5.32 Å². The molecule has 4 nitrogen and oxygen atoms in total. The Bertz CT molecular complexity index is 367. The summed E-state index contributed by atoms with van der Waals surface area (Å²) in [4.78, 5) is 14.8. The van der Waals surface area contributed by atoms with Crippen molar-refractivity contribution in [3.05, 3.63) is 0 Å². The molecule has 1 saturated carbocycles. The van der Waals surface area contributed by atoms with Crippen molar-refractivity contribution in [3.63, 3.8) is 0 Å². The predicted molar refractivity (Wildman–Crippen MR) is 80.6 cm³/mol. The van der Waals surface area contributed by atoms with Gasteiger partial charge >= 0.3 is 5.97 Å². The Kier molecular flexibility index (Phi) is 4.45. The standard InChI is InChI=1S/C16H30N2O2/c1-12(2)17-16(14(19)20-5)7-6-13(10-16)18-9-8-15(3,4)11-18/h12-13,17H,6-11H2,1-5H3. The van der Waals surface area contributed by atoms with Gasteiger partial charge in [-0.25, -0.2) is 0 Å². The molecule has 1 heterocycles. The molecule has 0 spiro atoms. The van der Waals surface area contributed by atoms with E-state index >= 15 is 0 Å². The zero-order valence-corrected chi connectivity index (χ0v) is 13.7. The number of carbonyl (C=O) groups is 1. The van der Waals surface area contributed by atoms with E-state index in [2.05, 4.69) is 37.9 Å². The molecule has 0 amide bonds. The Morgan fingerprint density at radius 1 is 1.35 bits per heavy atom. The van der Waals surface area contributed by atoms with Crippen LogP contribution in [0.4, 0.5) is 0 Å². The fourth-order valence-corrected chi connectivity index (χ4v) is 3.92. The normalized spacial score (nSPS) is 33.8. The average Bonchev–Trinajstić information content (AvgIpc) is 2.92. The van der Waals surface area contributed by atoms with Crippen LogP contribution in [0.25, 0.3) is 0 Å². The quantitative estimate of drug-likeness (QED) is 0.803. The zero-order chi connectivity index (χ0) is 15.0. The van der Waals surface area contributed by atoms with Crippen molar-refractivity contribution in [2.75, 3.05) is 20.2 Å². The molecule has 4 heteroatoms. The summed E-state index contributed by atoms with van der Waals surface area (Å²) in [6.45, 7) is 11.2. The summed E-state index contributed by atoms with van der Waals surface area (Å²) in [7, 11) is 1.50. The largest absolute Gasteiger partial charge is 0.468 e. The maximum Gasteiger partial charge on any atom is 0.326 e. The van der Waals surface area contributed by atoms with Crippen molar-refractivity contribution < 1.29 is 9.53 Å². The van der Waals surface area contributed by atoms with Crippen LogP contribution in [0.2, 0.25) is 0 Å². The van der Waals surface area contributed by atoms with Gasteiger partial charge in [-0.15, -0.1) is 0 Å². The topological polar surface area (TPSA) is 41.6 Å². The molecule has 1 aliphatic carbocycles. The molecule has 1 saturated heterocycles. The lowest BCUT2D eigenvalue weighted by molar-refractivity contribution is -0.149. The van der Waals surface area contributed by atoms with Gasteiger partial charge in [-0.3, -0.25) is 15.0 Å². The van der Waals surface area contributed by atoms with Gasteiger partial charge in [-0.2, -0.15) is 0 Å². The highest BCUT2D eigenvalue weighted by molar-refractivity contribution is 5.81. The second-order valence-electron chi connectivity index (χ2n) is 7.65. The SMILES string of the molecule is COC(=O)C1(NC(C)C)CCC(N2CCC(C)(C)C2)C1. The summed E-state index contributed by atoms with van der Waals surface area (Å²) in [5.74, 6) is -0.0906. The molecule has 0 aromatic heterocycles. The van der Waals surface area contributed by atoms with Gasteiger partial charge in [-0.1, -0.05) is 13.8 Å². The number of carbonyl (C=O) groups excluding carboxylic acids is 1. The number of hydrogen-bond acceptors (Lipinski definition) is 4. The van der Waals surface area contributed by atoms with Crippen molar-refractivity contribution in [2.45, 2.75) is 71.0 Å². The van der Waals surface area contributed by atoms with E-state index < -0.39 is 5.54 Å². The fourth-order valence-electron chi connectivity index (χ4n) is 3.92. The van der Waals surface area contributed by atoms with Gasteiger partial charge in [0.2, 0.25) is 0 Å². The first-order valence-corrected chi connectivity index (χ1v) is 7.88. The molecule has 1 aliphatic heterocycles. The Labute approximate surface area is 123 Å². The van der Waals surface area contributed by atoms with Gasteiger partial charge in [0.05, 0.1) is 7.11 Å². The number of ether oxygens (including phenoxy) is 1. The van der Waals surface area contributed by atoms with E-state index in [0.717, 1.165) is 32.4 Å². The van der Waals surface area contributed by atoms with Gasteiger partial charge in [-0.05, 0) is 51.5 Å². The second kappa shape index (κ2) is 5.64.